The van der Waals surface area contributed by atoms with Crippen molar-refractivity contribution in [3.8, 4) is 5.75 Å². The van der Waals surface area contributed by atoms with Gasteiger partial charge in [-0.2, -0.15) is 0 Å². The first-order valence-corrected chi connectivity index (χ1v) is 3.29. The summed E-state index contributed by atoms with van der Waals surface area (Å²) in [5.74, 6) is 0.194. The Morgan fingerprint density at radius 2 is 2.25 bits per heavy atom. The molecule has 0 fully saturated rings. The Kier molecular flexibility index (Phi) is 2.23. The highest BCUT2D eigenvalue weighted by molar-refractivity contribution is 5.49. The highest BCUT2D eigenvalue weighted by Gasteiger charge is 2.17. The summed E-state index contributed by atoms with van der Waals surface area (Å²) in [5.41, 5.74) is 0.479. The molecule has 0 saturated heterocycles. The number of aromatic nitrogens is 1. The third-order valence-corrected chi connectivity index (χ3v) is 1.47. The molecule has 0 unspecified atom stereocenters. The fourth-order valence-corrected chi connectivity index (χ4v) is 0.917. The molecule has 5 heteroatoms. The van der Waals surface area contributed by atoms with Gasteiger partial charge in [-0.25, -0.2) is 0 Å². The lowest BCUT2D eigenvalue weighted by molar-refractivity contribution is -0.386. The highest BCUT2D eigenvalue weighted by Crippen LogP contribution is 2.28. The molecular weight excluding hydrogens is 160 g/mol. The molecule has 0 bridgehead atoms. The minimum absolute atomic E-state index is 0.0208. The largest absolute Gasteiger partial charge is 0.489 e. The van der Waals surface area contributed by atoms with Crippen LogP contribution in [-0.4, -0.2) is 17.0 Å². The number of nitrogens with zero attached hydrogens (tertiary/aromatic N) is 2. The van der Waals surface area contributed by atoms with Crippen LogP contribution in [0.5, 0.6) is 5.75 Å². The molecule has 1 heterocycles. The van der Waals surface area contributed by atoms with Crippen LogP contribution in [0.4, 0.5) is 5.69 Å². The van der Waals surface area contributed by atoms with Gasteiger partial charge in [0.15, 0.2) is 0 Å². The lowest BCUT2D eigenvalue weighted by Crippen LogP contribution is -1.96. The molecule has 0 saturated carbocycles. The average molecular weight is 168 g/mol. The maximum absolute atomic E-state index is 10.5. The van der Waals surface area contributed by atoms with Gasteiger partial charge < -0.3 is 4.74 Å². The maximum atomic E-state index is 10.5. The number of rotatable bonds is 2. The third kappa shape index (κ3) is 1.34. The maximum Gasteiger partial charge on any atom is 0.316 e. The number of ether oxygens (including phenoxy) is 1. The second kappa shape index (κ2) is 3.17. The van der Waals surface area contributed by atoms with Crippen molar-refractivity contribution in [1.29, 1.82) is 0 Å². The summed E-state index contributed by atoms with van der Waals surface area (Å²) in [6.07, 6.45) is 2.76. The lowest BCUT2D eigenvalue weighted by atomic mass is 10.2. The molecule has 0 N–H and O–H groups in total. The molecule has 64 valence electrons. The number of aryl methyl sites for hydroxylation is 1. The van der Waals surface area contributed by atoms with E-state index in [0.717, 1.165) is 0 Å². The Labute approximate surface area is 69.1 Å². The lowest BCUT2D eigenvalue weighted by Gasteiger charge is -2.01. The minimum atomic E-state index is -0.476. The first kappa shape index (κ1) is 8.45. The van der Waals surface area contributed by atoms with Gasteiger partial charge in [0, 0.05) is 11.8 Å². The van der Waals surface area contributed by atoms with Gasteiger partial charge in [0.2, 0.25) is 5.75 Å². The molecule has 0 radical (unpaired) electrons. The summed E-state index contributed by atoms with van der Waals surface area (Å²) < 4.78 is 4.78. The standard InChI is InChI=1S/C7H8N2O3/c1-5-3-8-4-6(12-2)7(5)9(10)11/h3-4H,1-2H3. The summed E-state index contributed by atoms with van der Waals surface area (Å²) in [6, 6.07) is 0. The summed E-state index contributed by atoms with van der Waals surface area (Å²) in [6.45, 7) is 1.62. The van der Waals surface area contributed by atoms with Crippen LogP contribution < -0.4 is 4.74 Å². The topological polar surface area (TPSA) is 65.3 Å². The number of nitro groups is 1. The Bertz CT molecular complexity index is 312. The first-order chi connectivity index (χ1) is 5.66. The quantitative estimate of drug-likeness (QED) is 0.493. The zero-order valence-corrected chi connectivity index (χ0v) is 6.77. The molecule has 0 atom stereocenters. The zero-order chi connectivity index (χ0) is 9.14. The number of pyridine rings is 1. The van der Waals surface area contributed by atoms with E-state index in [1.807, 2.05) is 0 Å². The van der Waals surface area contributed by atoms with Crippen LogP contribution in [0, 0.1) is 17.0 Å². The van der Waals surface area contributed by atoms with Crippen molar-refractivity contribution in [2.75, 3.05) is 7.11 Å². The highest BCUT2D eigenvalue weighted by atomic mass is 16.6. The summed E-state index contributed by atoms with van der Waals surface area (Å²) >= 11 is 0. The van der Waals surface area contributed by atoms with Crippen LogP contribution in [0.25, 0.3) is 0 Å². The van der Waals surface area contributed by atoms with E-state index < -0.39 is 4.92 Å². The van der Waals surface area contributed by atoms with E-state index in [-0.39, 0.29) is 11.4 Å². The molecular formula is C7H8N2O3. The fourth-order valence-electron chi connectivity index (χ4n) is 0.917. The Balaban J connectivity index is 3.29. The van der Waals surface area contributed by atoms with Gasteiger partial charge >= 0.3 is 5.69 Å². The van der Waals surface area contributed by atoms with Gasteiger partial charge in [-0.1, -0.05) is 0 Å². The van der Waals surface area contributed by atoms with Crippen molar-refractivity contribution >= 4 is 5.69 Å². The van der Waals surface area contributed by atoms with Gasteiger partial charge in [0.25, 0.3) is 0 Å². The van der Waals surface area contributed by atoms with Crippen LogP contribution in [0.2, 0.25) is 0 Å². The second-order valence-corrected chi connectivity index (χ2v) is 2.26. The summed E-state index contributed by atoms with van der Waals surface area (Å²) in [7, 11) is 1.38. The van der Waals surface area contributed by atoms with Crippen molar-refractivity contribution in [1.82, 2.24) is 4.98 Å². The van der Waals surface area contributed by atoms with Crippen LogP contribution >= 0.6 is 0 Å². The van der Waals surface area contributed by atoms with Gasteiger partial charge in [-0.05, 0) is 6.92 Å². The van der Waals surface area contributed by atoms with Crippen molar-refractivity contribution in [3.63, 3.8) is 0 Å². The number of hydrogen-bond acceptors (Lipinski definition) is 4. The van der Waals surface area contributed by atoms with Gasteiger partial charge in [0.1, 0.15) is 0 Å². The van der Waals surface area contributed by atoms with Gasteiger partial charge in [-0.15, -0.1) is 0 Å². The molecule has 0 spiro atoms. The van der Waals surface area contributed by atoms with Crippen molar-refractivity contribution < 1.29 is 9.66 Å². The monoisotopic (exact) mass is 168 g/mol. The van der Waals surface area contributed by atoms with Crippen molar-refractivity contribution in [2.45, 2.75) is 6.92 Å². The van der Waals surface area contributed by atoms with E-state index in [1.165, 1.54) is 19.5 Å². The van der Waals surface area contributed by atoms with Crippen LogP contribution in [0.15, 0.2) is 12.4 Å². The molecule has 0 aliphatic carbocycles. The molecule has 0 amide bonds. The average Bonchev–Trinajstić information content (AvgIpc) is 2.03. The third-order valence-electron chi connectivity index (χ3n) is 1.47. The molecule has 1 aromatic heterocycles. The van der Waals surface area contributed by atoms with Gasteiger partial charge in [-0.3, -0.25) is 15.1 Å². The summed E-state index contributed by atoms with van der Waals surface area (Å²) in [5, 5.41) is 10.5. The normalized spacial score (nSPS) is 9.50. The second-order valence-electron chi connectivity index (χ2n) is 2.26. The fraction of sp³-hybridized carbons (Fsp3) is 0.286. The van der Waals surface area contributed by atoms with Crippen molar-refractivity contribution in [2.24, 2.45) is 0 Å². The molecule has 0 aliphatic heterocycles. The van der Waals surface area contributed by atoms with Crippen LogP contribution in [-0.2, 0) is 0 Å². The Morgan fingerprint density at radius 1 is 1.58 bits per heavy atom. The van der Waals surface area contributed by atoms with Gasteiger partial charge in [0.05, 0.1) is 18.2 Å². The molecule has 12 heavy (non-hydrogen) atoms. The predicted molar refractivity (Wildman–Crippen MR) is 42.2 cm³/mol. The molecule has 0 aromatic carbocycles. The SMILES string of the molecule is COc1cncc(C)c1[N+](=O)[O-]. The first-order valence-electron chi connectivity index (χ1n) is 3.29. The smallest absolute Gasteiger partial charge is 0.316 e. The molecule has 5 nitrogen and oxygen atoms in total. The van der Waals surface area contributed by atoms with E-state index in [0.29, 0.717) is 5.56 Å². The van der Waals surface area contributed by atoms with E-state index in [4.69, 9.17) is 4.74 Å². The van der Waals surface area contributed by atoms with E-state index in [2.05, 4.69) is 4.98 Å². The Hall–Kier alpha value is -1.65. The number of methoxy groups -OCH3 is 1. The molecule has 1 rings (SSSR count). The van der Waals surface area contributed by atoms with E-state index >= 15 is 0 Å². The molecule has 0 aliphatic rings. The van der Waals surface area contributed by atoms with Crippen LogP contribution in [0.3, 0.4) is 0 Å². The van der Waals surface area contributed by atoms with Crippen LogP contribution in [0.1, 0.15) is 5.56 Å². The Morgan fingerprint density at radius 3 is 2.67 bits per heavy atom. The molecule has 1 aromatic rings. The van der Waals surface area contributed by atoms with E-state index in [9.17, 15) is 10.1 Å². The van der Waals surface area contributed by atoms with Crippen molar-refractivity contribution in [3.05, 3.63) is 28.1 Å². The number of hydrogen-bond donors (Lipinski definition) is 0. The van der Waals surface area contributed by atoms with E-state index in [1.54, 1.807) is 6.92 Å². The predicted octanol–water partition coefficient (Wildman–Crippen LogP) is 1.31. The summed E-state index contributed by atoms with van der Waals surface area (Å²) in [4.78, 5) is 13.8. The minimum Gasteiger partial charge on any atom is -0.489 e. The zero-order valence-electron chi connectivity index (χ0n) is 6.77.